The molecule has 0 saturated heterocycles. The van der Waals surface area contributed by atoms with Gasteiger partial charge in [-0.2, -0.15) is 5.10 Å². The van der Waals surface area contributed by atoms with Crippen LogP contribution in [0.1, 0.15) is 46.2 Å². The number of ether oxygens (including phenoxy) is 2. The topological polar surface area (TPSA) is 85.7 Å². The Morgan fingerprint density at radius 3 is 2.33 bits per heavy atom. The number of amides is 2. The normalized spacial score (nSPS) is 11.1. The Hall–Kier alpha value is -3.81. The van der Waals surface area contributed by atoms with Crippen molar-refractivity contribution in [2.75, 3.05) is 32.1 Å². The van der Waals surface area contributed by atoms with E-state index in [1.54, 1.807) is 28.8 Å². The maximum atomic E-state index is 13.1. The molecule has 192 valence electrons. The minimum atomic E-state index is -0.297. The summed E-state index contributed by atoms with van der Waals surface area (Å²) in [7, 11) is 1.61. The van der Waals surface area contributed by atoms with E-state index in [1.807, 2.05) is 55.5 Å². The summed E-state index contributed by atoms with van der Waals surface area (Å²) in [5.74, 6) is 1.36. The van der Waals surface area contributed by atoms with Crippen LogP contribution in [0, 0.1) is 0 Å². The van der Waals surface area contributed by atoms with Crippen molar-refractivity contribution in [1.82, 2.24) is 14.7 Å². The number of nitrogens with zero attached hydrogens (tertiary/aromatic N) is 3. The molecule has 1 aromatic heterocycles. The molecule has 0 unspecified atom stereocenters. The van der Waals surface area contributed by atoms with Gasteiger partial charge < -0.3 is 19.7 Å². The van der Waals surface area contributed by atoms with Crippen LogP contribution in [0.2, 0.25) is 0 Å². The van der Waals surface area contributed by atoms with Crippen LogP contribution in [0.3, 0.4) is 0 Å². The van der Waals surface area contributed by atoms with E-state index in [9.17, 15) is 9.59 Å². The van der Waals surface area contributed by atoms with Gasteiger partial charge in [0, 0.05) is 18.0 Å². The number of unbranched alkanes of at least 4 members (excludes halogenated alkanes) is 1. The summed E-state index contributed by atoms with van der Waals surface area (Å²) in [5.41, 5.74) is 1.41. The van der Waals surface area contributed by atoms with E-state index in [2.05, 4.69) is 26.1 Å². The molecule has 0 aliphatic carbocycles. The minimum absolute atomic E-state index is 0.0738. The van der Waals surface area contributed by atoms with Crippen molar-refractivity contribution in [1.29, 1.82) is 0 Å². The Bertz CT molecular complexity index is 1130. The number of anilines is 1. The number of carbonyl (C=O) groups is 2. The molecule has 36 heavy (non-hydrogen) atoms. The van der Waals surface area contributed by atoms with Gasteiger partial charge in [-0.1, -0.05) is 52.3 Å². The van der Waals surface area contributed by atoms with Gasteiger partial charge in [0.25, 0.3) is 5.91 Å². The van der Waals surface area contributed by atoms with Gasteiger partial charge >= 0.3 is 0 Å². The van der Waals surface area contributed by atoms with Gasteiger partial charge in [-0.05, 0) is 42.8 Å². The molecular formula is C28H36N4O4. The van der Waals surface area contributed by atoms with E-state index >= 15 is 0 Å². The Morgan fingerprint density at radius 1 is 1.03 bits per heavy atom. The first-order valence-electron chi connectivity index (χ1n) is 12.2. The Balaban J connectivity index is 1.76. The molecular weight excluding hydrogens is 456 g/mol. The molecule has 0 radical (unpaired) electrons. The fourth-order valence-corrected chi connectivity index (χ4v) is 3.51. The summed E-state index contributed by atoms with van der Waals surface area (Å²) in [6.07, 6.45) is 1.70. The molecule has 3 aromatic rings. The predicted molar refractivity (Wildman–Crippen MR) is 141 cm³/mol. The summed E-state index contributed by atoms with van der Waals surface area (Å²) in [6.45, 7) is 8.52. The van der Waals surface area contributed by atoms with Crippen molar-refractivity contribution < 1.29 is 19.1 Å². The molecule has 2 amide bonds. The number of nitrogens with one attached hydrogen (secondary N) is 1. The van der Waals surface area contributed by atoms with Crippen molar-refractivity contribution >= 4 is 17.6 Å². The Labute approximate surface area is 213 Å². The first-order valence-corrected chi connectivity index (χ1v) is 12.2. The zero-order valence-corrected chi connectivity index (χ0v) is 21.8. The van der Waals surface area contributed by atoms with Crippen LogP contribution in [0.25, 0.3) is 5.69 Å². The molecule has 0 atom stereocenters. The van der Waals surface area contributed by atoms with E-state index in [1.165, 1.54) is 0 Å². The number of rotatable bonds is 11. The zero-order chi connectivity index (χ0) is 26.1. The lowest BCUT2D eigenvalue weighted by Gasteiger charge is -2.22. The van der Waals surface area contributed by atoms with Crippen molar-refractivity contribution in [3.8, 4) is 17.2 Å². The van der Waals surface area contributed by atoms with E-state index in [0.717, 1.165) is 30.0 Å². The molecule has 2 aromatic carbocycles. The SMILES string of the molecule is CCCCN(CC(=O)Nc1cc(C(C)(C)C)nn1-c1ccc(OC)cc1)C(=O)COc1ccccc1. The molecule has 1 N–H and O–H groups in total. The average molecular weight is 493 g/mol. The number of aromatic nitrogens is 2. The number of benzene rings is 2. The lowest BCUT2D eigenvalue weighted by molar-refractivity contribution is -0.136. The molecule has 1 heterocycles. The first-order chi connectivity index (χ1) is 17.2. The molecule has 3 rings (SSSR count). The molecule has 8 heteroatoms. The van der Waals surface area contributed by atoms with E-state index < -0.39 is 0 Å². The largest absolute Gasteiger partial charge is 0.497 e. The van der Waals surface area contributed by atoms with Gasteiger partial charge in [0.15, 0.2) is 6.61 Å². The van der Waals surface area contributed by atoms with E-state index in [4.69, 9.17) is 14.6 Å². The monoisotopic (exact) mass is 492 g/mol. The number of para-hydroxylation sites is 1. The van der Waals surface area contributed by atoms with Crippen LogP contribution < -0.4 is 14.8 Å². The van der Waals surface area contributed by atoms with E-state index in [0.29, 0.717) is 18.1 Å². The predicted octanol–water partition coefficient (Wildman–Crippen LogP) is 4.82. The molecule has 0 aliphatic heterocycles. The van der Waals surface area contributed by atoms with Gasteiger partial charge in [-0.25, -0.2) is 4.68 Å². The highest BCUT2D eigenvalue weighted by Gasteiger charge is 2.23. The second kappa shape index (κ2) is 12.2. The van der Waals surface area contributed by atoms with Gasteiger partial charge in [0.05, 0.1) is 18.5 Å². The average Bonchev–Trinajstić information content (AvgIpc) is 3.30. The summed E-state index contributed by atoms with van der Waals surface area (Å²) < 4.78 is 12.6. The molecule has 0 fully saturated rings. The van der Waals surface area contributed by atoms with Gasteiger partial charge in [-0.15, -0.1) is 0 Å². The molecule has 0 spiro atoms. The second-order valence-electron chi connectivity index (χ2n) is 9.59. The maximum Gasteiger partial charge on any atom is 0.260 e. The van der Waals surface area contributed by atoms with Crippen LogP contribution in [-0.2, 0) is 15.0 Å². The lowest BCUT2D eigenvalue weighted by atomic mass is 9.92. The molecule has 0 aliphatic rings. The van der Waals surface area contributed by atoms with Crippen molar-refractivity contribution in [3.63, 3.8) is 0 Å². The smallest absolute Gasteiger partial charge is 0.260 e. The number of carbonyl (C=O) groups excluding carboxylic acids is 2. The Kier molecular flexibility index (Phi) is 9.11. The standard InChI is InChI=1S/C28H36N4O4/c1-6-7-17-31(27(34)20-36-23-11-9-8-10-12-23)19-26(33)29-25-18-24(28(2,3)4)30-32(25)21-13-15-22(35-5)16-14-21/h8-16,18H,6-7,17,19-20H2,1-5H3,(H,29,33). The summed E-state index contributed by atoms with van der Waals surface area (Å²) in [4.78, 5) is 27.5. The first kappa shape index (κ1) is 26.8. The highest BCUT2D eigenvalue weighted by Crippen LogP contribution is 2.27. The summed E-state index contributed by atoms with van der Waals surface area (Å²) in [6, 6.07) is 18.5. The van der Waals surface area contributed by atoms with Crippen molar-refractivity contribution in [2.45, 2.75) is 46.0 Å². The quantitative estimate of drug-likeness (QED) is 0.415. The van der Waals surface area contributed by atoms with Gasteiger partial charge in [0.1, 0.15) is 23.9 Å². The lowest BCUT2D eigenvalue weighted by Crippen LogP contribution is -2.41. The second-order valence-corrected chi connectivity index (χ2v) is 9.59. The van der Waals surface area contributed by atoms with Gasteiger partial charge in [0.2, 0.25) is 5.91 Å². The molecule has 0 saturated carbocycles. The molecule has 8 nitrogen and oxygen atoms in total. The Morgan fingerprint density at radius 2 is 1.72 bits per heavy atom. The number of methoxy groups -OCH3 is 1. The third-order valence-electron chi connectivity index (χ3n) is 5.64. The third kappa shape index (κ3) is 7.34. The van der Waals surface area contributed by atoms with Crippen LogP contribution in [0.5, 0.6) is 11.5 Å². The highest BCUT2D eigenvalue weighted by atomic mass is 16.5. The fourth-order valence-electron chi connectivity index (χ4n) is 3.51. The molecule has 0 bridgehead atoms. The van der Waals surface area contributed by atoms with E-state index in [-0.39, 0.29) is 30.4 Å². The highest BCUT2D eigenvalue weighted by molar-refractivity contribution is 5.94. The van der Waals surface area contributed by atoms with Crippen LogP contribution in [-0.4, -0.2) is 53.3 Å². The fraction of sp³-hybridized carbons (Fsp3) is 0.393. The number of hydrogen-bond acceptors (Lipinski definition) is 5. The van der Waals surface area contributed by atoms with Crippen molar-refractivity contribution in [3.05, 3.63) is 66.4 Å². The van der Waals surface area contributed by atoms with Crippen LogP contribution in [0.4, 0.5) is 5.82 Å². The summed E-state index contributed by atoms with van der Waals surface area (Å²) in [5, 5.41) is 7.71. The zero-order valence-electron chi connectivity index (χ0n) is 21.8. The van der Waals surface area contributed by atoms with Crippen LogP contribution >= 0.6 is 0 Å². The minimum Gasteiger partial charge on any atom is -0.497 e. The third-order valence-corrected chi connectivity index (χ3v) is 5.64. The van der Waals surface area contributed by atoms with Crippen molar-refractivity contribution in [2.24, 2.45) is 0 Å². The number of hydrogen-bond donors (Lipinski definition) is 1. The van der Waals surface area contributed by atoms with Crippen LogP contribution in [0.15, 0.2) is 60.7 Å². The maximum absolute atomic E-state index is 13.1. The summed E-state index contributed by atoms with van der Waals surface area (Å²) >= 11 is 0. The van der Waals surface area contributed by atoms with Gasteiger partial charge in [-0.3, -0.25) is 9.59 Å².